The Morgan fingerprint density at radius 2 is 2.07 bits per heavy atom. The molecular weight excluding hydrogens is 424 g/mol. The summed E-state index contributed by atoms with van der Waals surface area (Å²) < 4.78 is 15.3. The Kier molecular flexibility index (Phi) is 5.05. The minimum absolute atomic E-state index is 0.0771. The molecule has 0 radical (unpaired) electrons. The molecule has 3 aliphatic rings. The van der Waals surface area contributed by atoms with Gasteiger partial charge in [0.15, 0.2) is 0 Å². The van der Waals surface area contributed by atoms with Crippen molar-refractivity contribution < 1.29 is 9.18 Å². The predicted molar refractivity (Wildman–Crippen MR) is 118 cm³/mol. The third kappa shape index (κ3) is 2.98. The molecule has 4 nitrogen and oxygen atoms in total. The molecule has 158 valence electrons. The van der Waals surface area contributed by atoms with Crippen molar-refractivity contribution in [2.75, 3.05) is 25.0 Å². The van der Waals surface area contributed by atoms with Gasteiger partial charge < -0.3 is 10.6 Å². The summed E-state index contributed by atoms with van der Waals surface area (Å²) >= 11 is 12.4. The number of amides is 1. The third-order valence-corrected chi connectivity index (χ3v) is 7.24. The van der Waals surface area contributed by atoms with Gasteiger partial charge in [-0.05, 0) is 49.1 Å². The molecule has 2 aromatic carbocycles. The van der Waals surface area contributed by atoms with Gasteiger partial charge in [-0.1, -0.05) is 48.3 Å². The quantitative estimate of drug-likeness (QED) is 0.693. The number of carbonyl (C=O) groups is 1. The molecule has 7 heteroatoms. The summed E-state index contributed by atoms with van der Waals surface area (Å²) in [6, 6.07) is 10.5. The van der Waals surface area contributed by atoms with Crippen LogP contribution in [-0.4, -0.2) is 36.5 Å². The summed E-state index contributed by atoms with van der Waals surface area (Å²) in [5, 5.41) is 7.20. The first-order valence-corrected chi connectivity index (χ1v) is 11.3. The Morgan fingerprint density at radius 1 is 1.27 bits per heavy atom. The van der Waals surface area contributed by atoms with Gasteiger partial charge in [0.1, 0.15) is 11.4 Å². The average molecular weight is 448 g/mol. The van der Waals surface area contributed by atoms with Gasteiger partial charge in [0.2, 0.25) is 5.91 Å². The van der Waals surface area contributed by atoms with E-state index in [0.29, 0.717) is 28.7 Å². The average Bonchev–Trinajstić information content (AvgIpc) is 3.41. The second-order valence-electron chi connectivity index (χ2n) is 8.54. The van der Waals surface area contributed by atoms with Gasteiger partial charge in [0.25, 0.3) is 0 Å². The van der Waals surface area contributed by atoms with Crippen LogP contribution < -0.4 is 10.6 Å². The zero-order valence-corrected chi connectivity index (χ0v) is 18.2. The van der Waals surface area contributed by atoms with Crippen molar-refractivity contribution in [2.24, 2.45) is 5.92 Å². The van der Waals surface area contributed by atoms with Crippen LogP contribution in [0.2, 0.25) is 10.0 Å². The van der Waals surface area contributed by atoms with Crippen molar-refractivity contribution >= 4 is 34.8 Å². The SMILES string of the molecule is CCNC1CN(CC2CC2)C2(C(=O)Nc3cc(Cl)ccc32)C1c1cccc(Cl)c1F. The summed E-state index contributed by atoms with van der Waals surface area (Å²) in [5.74, 6) is -0.409. The molecular formula is C23H24Cl2FN3O. The van der Waals surface area contributed by atoms with Gasteiger partial charge in [0, 0.05) is 41.3 Å². The minimum Gasteiger partial charge on any atom is -0.324 e. The highest BCUT2D eigenvalue weighted by molar-refractivity contribution is 6.31. The Hall–Kier alpha value is -1.66. The molecule has 1 saturated heterocycles. The highest BCUT2D eigenvalue weighted by atomic mass is 35.5. The lowest BCUT2D eigenvalue weighted by Gasteiger charge is -2.38. The molecule has 2 aliphatic heterocycles. The van der Waals surface area contributed by atoms with E-state index >= 15 is 4.39 Å². The van der Waals surface area contributed by atoms with Crippen LogP contribution in [-0.2, 0) is 10.3 Å². The van der Waals surface area contributed by atoms with E-state index in [1.807, 2.05) is 19.1 Å². The monoisotopic (exact) mass is 447 g/mol. The maximum atomic E-state index is 15.3. The number of rotatable bonds is 5. The van der Waals surface area contributed by atoms with E-state index in [9.17, 15) is 4.79 Å². The number of carbonyl (C=O) groups excluding carboxylic acids is 1. The summed E-state index contributed by atoms with van der Waals surface area (Å²) in [5.41, 5.74) is 1.05. The summed E-state index contributed by atoms with van der Waals surface area (Å²) in [6.45, 7) is 4.24. The number of benzene rings is 2. The number of hydrogen-bond acceptors (Lipinski definition) is 3. The smallest absolute Gasteiger partial charge is 0.250 e. The molecule has 0 bridgehead atoms. The fourth-order valence-corrected chi connectivity index (χ4v) is 5.72. The van der Waals surface area contributed by atoms with E-state index in [0.717, 1.165) is 18.7 Å². The van der Waals surface area contributed by atoms with Crippen LogP contribution >= 0.6 is 23.2 Å². The van der Waals surface area contributed by atoms with Gasteiger partial charge >= 0.3 is 0 Å². The summed E-state index contributed by atoms with van der Waals surface area (Å²) in [6.07, 6.45) is 2.34. The first-order valence-electron chi connectivity index (χ1n) is 10.5. The molecule has 1 saturated carbocycles. The molecule has 3 atom stereocenters. The van der Waals surface area contributed by atoms with E-state index in [1.54, 1.807) is 24.3 Å². The zero-order chi connectivity index (χ0) is 21.0. The second kappa shape index (κ2) is 7.49. The van der Waals surface area contributed by atoms with Crippen LogP contribution in [0.15, 0.2) is 36.4 Å². The number of nitrogens with zero attached hydrogens (tertiary/aromatic N) is 1. The molecule has 2 fully saturated rings. The summed E-state index contributed by atoms with van der Waals surface area (Å²) in [7, 11) is 0. The van der Waals surface area contributed by atoms with E-state index in [4.69, 9.17) is 23.2 Å². The molecule has 1 amide bonds. The van der Waals surface area contributed by atoms with Gasteiger partial charge in [0.05, 0.1) is 5.02 Å². The first kappa shape index (κ1) is 20.3. The van der Waals surface area contributed by atoms with Crippen LogP contribution in [0.1, 0.15) is 36.8 Å². The molecule has 30 heavy (non-hydrogen) atoms. The fraction of sp³-hybridized carbons (Fsp3) is 0.435. The second-order valence-corrected chi connectivity index (χ2v) is 9.39. The fourth-order valence-electron chi connectivity index (χ4n) is 5.37. The van der Waals surface area contributed by atoms with E-state index in [-0.39, 0.29) is 17.0 Å². The highest BCUT2D eigenvalue weighted by Gasteiger charge is 2.64. The van der Waals surface area contributed by atoms with Crippen LogP contribution in [0.3, 0.4) is 0 Å². The molecule has 2 heterocycles. The standard InChI is InChI=1S/C23H24Cl2FN3O/c1-2-27-19-12-29(11-13-6-7-13)23(20(19)15-4-3-5-17(25)21(15)26)16-9-8-14(24)10-18(16)28-22(23)30/h3-5,8-10,13,19-20,27H,2,6-7,11-12H2,1H3,(H,28,30). The molecule has 5 rings (SSSR count). The Bertz CT molecular complexity index is 1010. The number of likely N-dealkylation sites (tertiary alicyclic amines) is 1. The van der Waals surface area contributed by atoms with Crippen molar-refractivity contribution in [2.45, 2.75) is 37.3 Å². The maximum Gasteiger partial charge on any atom is 0.250 e. The van der Waals surface area contributed by atoms with Gasteiger partial charge in [-0.25, -0.2) is 4.39 Å². The lowest BCUT2D eigenvalue weighted by Crippen LogP contribution is -2.51. The maximum absolute atomic E-state index is 15.3. The molecule has 3 unspecified atom stereocenters. The van der Waals surface area contributed by atoms with Crippen LogP contribution in [0.25, 0.3) is 0 Å². The number of anilines is 1. The van der Waals surface area contributed by atoms with Crippen molar-refractivity contribution in [1.29, 1.82) is 0 Å². The molecule has 2 N–H and O–H groups in total. The molecule has 2 aromatic rings. The molecule has 1 aliphatic carbocycles. The largest absolute Gasteiger partial charge is 0.324 e. The normalized spacial score (nSPS) is 28.2. The van der Waals surface area contributed by atoms with E-state index in [2.05, 4.69) is 15.5 Å². The number of halogens is 3. The third-order valence-electron chi connectivity index (χ3n) is 6.71. The van der Waals surface area contributed by atoms with Crippen molar-refractivity contribution in [3.8, 4) is 0 Å². The number of likely N-dealkylation sites (N-methyl/N-ethyl adjacent to an activating group) is 1. The number of fused-ring (bicyclic) bond motifs is 2. The zero-order valence-electron chi connectivity index (χ0n) is 16.7. The van der Waals surface area contributed by atoms with Crippen LogP contribution in [0.5, 0.6) is 0 Å². The molecule has 0 aromatic heterocycles. The van der Waals surface area contributed by atoms with Gasteiger partial charge in [-0.15, -0.1) is 0 Å². The van der Waals surface area contributed by atoms with E-state index < -0.39 is 17.3 Å². The van der Waals surface area contributed by atoms with Crippen molar-refractivity contribution in [3.05, 3.63) is 63.4 Å². The Labute approximate surface area is 185 Å². The molecule has 1 spiro atoms. The number of nitrogens with one attached hydrogen (secondary N) is 2. The van der Waals surface area contributed by atoms with Crippen LogP contribution in [0.4, 0.5) is 10.1 Å². The first-order chi connectivity index (χ1) is 14.5. The Balaban J connectivity index is 1.75. The lowest BCUT2D eigenvalue weighted by molar-refractivity contribution is -0.127. The lowest BCUT2D eigenvalue weighted by atomic mass is 9.73. The van der Waals surface area contributed by atoms with Crippen molar-refractivity contribution in [3.63, 3.8) is 0 Å². The minimum atomic E-state index is -0.999. The van der Waals surface area contributed by atoms with Gasteiger partial charge in [-0.2, -0.15) is 0 Å². The topological polar surface area (TPSA) is 44.4 Å². The Morgan fingerprint density at radius 3 is 2.80 bits per heavy atom. The van der Waals surface area contributed by atoms with Crippen LogP contribution in [0, 0.1) is 11.7 Å². The van der Waals surface area contributed by atoms with Crippen molar-refractivity contribution in [1.82, 2.24) is 10.2 Å². The number of hydrogen-bond donors (Lipinski definition) is 2. The highest BCUT2D eigenvalue weighted by Crippen LogP contribution is 2.56. The summed E-state index contributed by atoms with van der Waals surface area (Å²) in [4.78, 5) is 16.0. The van der Waals surface area contributed by atoms with E-state index in [1.165, 1.54) is 12.8 Å². The predicted octanol–water partition coefficient (Wildman–Crippen LogP) is 4.77. The van der Waals surface area contributed by atoms with Gasteiger partial charge in [-0.3, -0.25) is 9.69 Å².